The first-order valence-corrected chi connectivity index (χ1v) is 7.25. The minimum Gasteiger partial charge on any atom is -0.311 e. The molecule has 0 radical (unpaired) electrons. The monoisotopic (exact) mass is 245 g/mol. The third-order valence-corrected chi connectivity index (χ3v) is 4.45. The highest BCUT2D eigenvalue weighted by Crippen LogP contribution is 2.21. The van der Waals surface area contributed by atoms with E-state index in [0.717, 1.165) is 12.2 Å². The molecule has 2 atom stereocenters. The van der Waals surface area contributed by atoms with Gasteiger partial charge in [-0.3, -0.25) is 4.68 Å². The molecule has 6 heteroatoms. The predicted octanol–water partition coefficient (Wildman–Crippen LogP) is 0.597. The van der Waals surface area contributed by atoms with Crippen molar-refractivity contribution >= 4 is 9.84 Å². The number of rotatable bonds is 5. The Labute approximate surface area is 96.8 Å². The third-order valence-electron chi connectivity index (χ3n) is 2.82. The Kier molecular flexibility index (Phi) is 4.09. The highest BCUT2D eigenvalue weighted by Gasteiger charge is 2.28. The standard InChI is InChI=1S/C10H19N3O2S/c1-5-13-9(6-7-12-13)10(11-3)8(2)16(4,14)15/h6-8,10-11H,5H2,1-4H3. The summed E-state index contributed by atoms with van der Waals surface area (Å²) in [6.45, 7) is 4.43. The molecule has 0 spiro atoms. The third kappa shape index (κ3) is 2.62. The number of aryl methyl sites for hydroxylation is 1. The normalized spacial score (nSPS) is 16.0. The molecule has 0 aromatic carbocycles. The van der Waals surface area contributed by atoms with Crippen molar-refractivity contribution in [3.8, 4) is 0 Å². The van der Waals surface area contributed by atoms with E-state index in [9.17, 15) is 8.42 Å². The van der Waals surface area contributed by atoms with Gasteiger partial charge in [-0.1, -0.05) is 0 Å². The second-order valence-electron chi connectivity index (χ2n) is 3.87. The fourth-order valence-corrected chi connectivity index (χ4v) is 2.51. The number of hydrogen-bond donors (Lipinski definition) is 1. The van der Waals surface area contributed by atoms with Gasteiger partial charge in [0.25, 0.3) is 0 Å². The maximum Gasteiger partial charge on any atom is 0.151 e. The molecule has 0 bridgehead atoms. The summed E-state index contributed by atoms with van der Waals surface area (Å²) >= 11 is 0. The zero-order valence-electron chi connectivity index (χ0n) is 10.1. The zero-order valence-corrected chi connectivity index (χ0v) is 11.0. The van der Waals surface area contributed by atoms with Crippen molar-refractivity contribution in [2.75, 3.05) is 13.3 Å². The van der Waals surface area contributed by atoms with E-state index in [2.05, 4.69) is 10.4 Å². The molecule has 92 valence electrons. The van der Waals surface area contributed by atoms with Crippen LogP contribution in [0.15, 0.2) is 12.3 Å². The van der Waals surface area contributed by atoms with Gasteiger partial charge in [-0.2, -0.15) is 5.10 Å². The number of aromatic nitrogens is 2. The molecular weight excluding hydrogens is 226 g/mol. The molecule has 0 aliphatic rings. The first-order valence-electron chi connectivity index (χ1n) is 5.29. The Morgan fingerprint density at radius 1 is 1.56 bits per heavy atom. The molecule has 16 heavy (non-hydrogen) atoms. The highest BCUT2D eigenvalue weighted by molar-refractivity contribution is 7.91. The van der Waals surface area contributed by atoms with Crippen LogP contribution in [-0.2, 0) is 16.4 Å². The van der Waals surface area contributed by atoms with Crippen molar-refractivity contribution < 1.29 is 8.42 Å². The summed E-state index contributed by atoms with van der Waals surface area (Å²) in [5, 5.41) is 6.72. The molecule has 1 N–H and O–H groups in total. The molecule has 1 aromatic rings. The molecule has 1 heterocycles. The van der Waals surface area contributed by atoms with Gasteiger partial charge in [0, 0.05) is 19.0 Å². The molecule has 1 aromatic heterocycles. The van der Waals surface area contributed by atoms with Crippen LogP contribution in [0.3, 0.4) is 0 Å². The quantitative estimate of drug-likeness (QED) is 0.825. The lowest BCUT2D eigenvalue weighted by molar-refractivity contribution is 0.491. The van der Waals surface area contributed by atoms with Crippen molar-refractivity contribution in [3.63, 3.8) is 0 Å². The van der Waals surface area contributed by atoms with Crippen LogP contribution in [0.25, 0.3) is 0 Å². The minimum atomic E-state index is -3.07. The average molecular weight is 245 g/mol. The van der Waals surface area contributed by atoms with Crippen LogP contribution in [0.2, 0.25) is 0 Å². The molecule has 0 fully saturated rings. The average Bonchev–Trinajstić information content (AvgIpc) is 2.65. The topological polar surface area (TPSA) is 64.0 Å². The van der Waals surface area contributed by atoms with Gasteiger partial charge in [-0.15, -0.1) is 0 Å². The lowest BCUT2D eigenvalue weighted by Crippen LogP contribution is -2.34. The lowest BCUT2D eigenvalue weighted by Gasteiger charge is -2.22. The van der Waals surface area contributed by atoms with Crippen LogP contribution in [0.4, 0.5) is 0 Å². The first kappa shape index (κ1) is 13.2. The van der Waals surface area contributed by atoms with E-state index >= 15 is 0 Å². The van der Waals surface area contributed by atoms with E-state index < -0.39 is 15.1 Å². The number of sulfone groups is 1. The van der Waals surface area contributed by atoms with Gasteiger partial charge < -0.3 is 5.32 Å². The summed E-state index contributed by atoms with van der Waals surface area (Å²) < 4.78 is 24.9. The molecule has 0 aliphatic heterocycles. The first-order chi connectivity index (χ1) is 7.41. The van der Waals surface area contributed by atoms with Gasteiger partial charge in [-0.05, 0) is 27.0 Å². The van der Waals surface area contributed by atoms with Gasteiger partial charge in [0.05, 0.1) is 17.0 Å². The second kappa shape index (κ2) is 4.97. The molecule has 0 amide bonds. The smallest absolute Gasteiger partial charge is 0.151 e. The van der Waals surface area contributed by atoms with Crippen LogP contribution >= 0.6 is 0 Å². The maximum atomic E-state index is 11.6. The number of hydrogen-bond acceptors (Lipinski definition) is 4. The van der Waals surface area contributed by atoms with Gasteiger partial charge in [0.2, 0.25) is 0 Å². The zero-order chi connectivity index (χ0) is 12.3. The van der Waals surface area contributed by atoms with Gasteiger partial charge in [0.1, 0.15) is 0 Å². The molecule has 0 saturated carbocycles. The minimum absolute atomic E-state index is 0.225. The van der Waals surface area contributed by atoms with Crippen molar-refractivity contribution in [3.05, 3.63) is 18.0 Å². The predicted molar refractivity (Wildman–Crippen MR) is 64.0 cm³/mol. The van der Waals surface area contributed by atoms with Crippen molar-refractivity contribution in [2.45, 2.75) is 31.7 Å². The second-order valence-corrected chi connectivity index (χ2v) is 6.28. The van der Waals surface area contributed by atoms with Gasteiger partial charge in [0.15, 0.2) is 9.84 Å². The van der Waals surface area contributed by atoms with Crippen molar-refractivity contribution in [2.24, 2.45) is 0 Å². The molecule has 0 saturated heterocycles. The van der Waals surface area contributed by atoms with E-state index in [1.807, 2.05) is 17.7 Å². The van der Waals surface area contributed by atoms with Crippen LogP contribution < -0.4 is 5.32 Å². The summed E-state index contributed by atoms with van der Waals surface area (Å²) in [6, 6.07) is 1.63. The van der Waals surface area contributed by atoms with Gasteiger partial charge in [-0.25, -0.2) is 8.42 Å². The fraction of sp³-hybridized carbons (Fsp3) is 0.700. The largest absolute Gasteiger partial charge is 0.311 e. The van der Waals surface area contributed by atoms with E-state index in [1.54, 1.807) is 20.2 Å². The summed E-state index contributed by atoms with van der Waals surface area (Å²) in [5.74, 6) is 0. The van der Waals surface area contributed by atoms with Crippen molar-refractivity contribution in [1.82, 2.24) is 15.1 Å². The van der Waals surface area contributed by atoms with E-state index in [-0.39, 0.29) is 6.04 Å². The Morgan fingerprint density at radius 2 is 2.19 bits per heavy atom. The van der Waals surface area contributed by atoms with Crippen LogP contribution in [0.5, 0.6) is 0 Å². The number of nitrogens with one attached hydrogen (secondary N) is 1. The Hall–Kier alpha value is -0.880. The van der Waals surface area contributed by atoms with E-state index in [4.69, 9.17) is 0 Å². The lowest BCUT2D eigenvalue weighted by atomic mass is 10.1. The molecular formula is C10H19N3O2S. The highest BCUT2D eigenvalue weighted by atomic mass is 32.2. The molecule has 0 aliphatic carbocycles. The summed E-state index contributed by atoms with van der Waals surface area (Å²) in [7, 11) is -1.31. The molecule has 2 unspecified atom stereocenters. The fourth-order valence-electron chi connectivity index (χ4n) is 1.74. The molecule has 1 rings (SSSR count). The van der Waals surface area contributed by atoms with Crippen LogP contribution in [0.1, 0.15) is 25.6 Å². The summed E-state index contributed by atoms with van der Waals surface area (Å²) in [5.41, 5.74) is 0.905. The van der Waals surface area contributed by atoms with Crippen LogP contribution in [0, 0.1) is 0 Å². The van der Waals surface area contributed by atoms with Gasteiger partial charge >= 0.3 is 0 Å². The maximum absolute atomic E-state index is 11.6. The SMILES string of the molecule is CCn1nccc1C(NC)C(C)S(C)(=O)=O. The summed E-state index contributed by atoms with van der Waals surface area (Å²) in [6.07, 6.45) is 2.95. The Morgan fingerprint density at radius 3 is 2.62 bits per heavy atom. The van der Waals surface area contributed by atoms with Crippen LogP contribution in [-0.4, -0.2) is 36.8 Å². The Bertz CT molecular complexity index is 439. The van der Waals surface area contributed by atoms with E-state index in [0.29, 0.717) is 0 Å². The van der Waals surface area contributed by atoms with Crippen molar-refractivity contribution in [1.29, 1.82) is 0 Å². The Balaban J connectivity index is 3.08. The molecule has 5 nitrogen and oxygen atoms in total. The summed E-state index contributed by atoms with van der Waals surface area (Å²) in [4.78, 5) is 0. The number of nitrogens with zero attached hydrogens (tertiary/aromatic N) is 2. The van der Waals surface area contributed by atoms with E-state index in [1.165, 1.54) is 6.26 Å².